The van der Waals surface area contributed by atoms with Gasteiger partial charge in [-0.15, -0.1) is 0 Å². The van der Waals surface area contributed by atoms with Gasteiger partial charge < -0.3 is 0 Å². The minimum atomic E-state index is 1.05. The Morgan fingerprint density at radius 2 is 1.46 bits per heavy atom. The van der Waals surface area contributed by atoms with Crippen LogP contribution in [0, 0.1) is 0 Å². The fourth-order valence-electron chi connectivity index (χ4n) is 3.35. The normalized spacial score (nSPS) is 15.6. The average molecular weight is 308 g/mol. The summed E-state index contributed by atoms with van der Waals surface area (Å²) in [5.41, 5.74) is 8.03. The molecule has 0 nitrogen and oxygen atoms in total. The Morgan fingerprint density at radius 1 is 0.792 bits per heavy atom. The van der Waals surface area contributed by atoms with Crippen LogP contribution in [0.25, 0.3) is 5.57 Å². The van der Waals surface area contributed by atoms with Gasteiger partial charge in [0, 0.05) is 0 Å². The zero-order valence-corrected chi connectivity index (χ0v) is 13.7. The first-order chi connectivity index (χ1) is 11.9. The van der Waals surface area contributed by atoms with E-state index in [0.717, 1.165) is 12.8 Å². The highest BCUT2D eigenvalue weighted by molar-refractivity contribution is 5.86. The van der Waals surface area contributed by atoms with Crippen LogP contribution in [0.1, 0.15) is 24.0 Å². The van der Waals surface area contributed by atoms with Gasteiger partial charge in [0.25, 0.3) is 0 Å². The minimum Gasteiger partial charge on any atom is -0.0804 e. The van der Waals surface area contributed by atoms with E-state index < -0.39 is 0 Å². The quantitative estimate of drug-likeness (QED) is 0.625. The van der Waals surface area contributed by atoms with Crippen LogP contribution in [0.2, 0.25) is 0 Å². The van der Waals surface area contributed by atoms with Gasteiger partial charge in [0.2, 0.25) is 0 Å². The van der Waals surface area contributed by atoms with Gasteiger partial charge >= 0.3 is 0 Å². The summed E-state index contributed by atoms with van der Waals surface area (Å²) >= 11 is 0. The number of hydrogen-bond donors (Lipinski definition) is 0. The standard InChI is InChI=1S/C24H20/c1-3-11-21(12-4-1)24(22-13-5-2-6-14-22)23-16-15-20(18-23)17-19-9-7-8-10-19/h1-9,11-16,18H,10,17H2. The molecule has 0 aliphatic heterocycles. The molecule has 0 saturated carbocycles. The third-order valence-corrected chi connectivity index (χ3v) is 4.51. The van der Waals surface area contributed by atoms with Gasteiger partial charge in [-0.2, -0.15) is 0 Å². The summed E-state index contributed by atoms with van der Waals surface area (Å²) in [5.74, 6) is 0. The van der Waals surface area contributed by atoms with E-state index in [2.05, 4.69) is 97.1 Å². The summed E-state index contributed by atoms with van der Waals surface area (Å²) in [5, 5.41) is 0. The lowest BCUT2D eigenvalue weighted by Crippen LogP contribution is -1.91. The molecule has 0 N–H and O–H groups in total. The monoisotopic (exact) mass is 308 g/mol. The lowest BCUT2D eigenvalue weighted by molar-refractivity contribution is 1.10. The molecule has 0 fully saturated rings. The predicted molar refractivity (Wildman–Crippen MR) is 103 cm³/mol. The largest absolute Gasteiger partial charge is 0.0804 e. The molecule has 0 heteroatoms. The second-order valence-electron chi connectivity index (χ2n) is 6.25. The first kappa shape index (κ1) is 14.7. The third kappa shape index (κ3) is 3.09. The van der Waals surface area contributed by atoms with Gasteiger partial charge in [-0.05, 0) is 40.7 Å². The van der Waals surface area contributed by atoms with Crippen molar-refractivity contribution >= 4 is 5.57 Å². The van der Waals surface area contributed by atoms with Crippen molar-refractivity contribution in [1.82, 2.24) is 0 Å². The van der Waals surface area contributed by atoms with E-state index in [1.54, 1.807) is 0 Å². The summed E-state index contributed by atoms with van der Waals surface area (Å²) < 4.78 is 0. The second kappa shape index (κ2) is 6.72. The SMILES string of the molecule is C1=CCC(CC2=CC(=C(c3ccccc3)c3ccccc3)C=C2)=C1. The van der Waals surface area contributed by atoms with Crippen molar-refractivity contribution in [3.05, 3.63) is 125 Å². The predicted octanol–water partition coefficient (Wildman–Crippen LogP) is 6.26. The fourth-order valence-corrected chi connectivity index (χ4v) is 3.35. The van der Waals surface area contributed by atoms with Gasteiger partial charge in [-0.1, -0.05) is 103 Å². The first-order valence-electron chi connectivity index (χ1n) is 8.48. The Kier molecular flexibility index (Phi) is 4.12. The van der Waals surface area contributed by atoms with Crippen LogP contribution >= 0.6 is 0 Å². The number of allylic oxidation sites excluding steroid dienone is 9. The summed E-state index contributed by atoms with van der Waals surface area (Å²) in [6.07, 6.45) is 15.6. The van der Waals surface area contributed by atoms with Crippen molar-refractivity contribution in [2.75, 3.05) is 0 Å². The maximum Gasteiger partial charge on any atom is -0.00388 e. The second-order valence-corrected chi connectivity index (χ2v) is 6.25. The molecule has 0 saturated heterocycles. The zero-order valence-electron chi connectivity index (χ0n) is 13.7. The van der Waals surface area contributed by atoms with Gasteiger partial charge in [0.15, 0.2) is 0 Å². The van der Waals surface area contributed by atoms with Gasteiger partial charge in [-0.3, -0.25) is 0 Å². The molecule has 2 aliphatic carbocycles. The Hall–Kier alpha value is -2.86. The maximum atomic E-state index is 2.34. The number of rotatable bonds is 4. The Morgan fingerprint density at radius 3 is 2.04 bits per heavy atom. The average Bonchev–Trinajstić information content (AvgIpc) is 3.30. The van der Waals surface area contributed by atoms with Crippen LogP contribution < -0.4 is 0 Å². The molecule has 24 heavy (non-hydrogen) atoms. The smallest absolute Gasteiger partial charge is 0.00388 e. The Balaban J connectivity index is 1.75. The van der Waals surface area contributed by atoms with Crippen LogP contribution in [0.15, 0.2) is 114 Å². The van der Waals surface area contributed by atoms with E-state index in [-0.39, 0.29) is 0 Å². The molecule has 0 spiro atoms. The molecule has 2 aromatic carbocycles. The van der Waals surface area contributed by atoms with Gasteiger partial charge in [0.05, 0.1) is 0 Å². The third-order valence-electron chi connectivity index (χ3n) is 4.51. The highest BCUT2D eigenvalue weighted by Crippen LogP contribution is 2.33. The molecule has 0 amide bonds. The number of benzene rings is 2. The van der Waals surface area contributed by atoms with Crippen LogP contribution in [0.5, 0.6) is 0 Å². The van der Waals surface area contributed by atoms with Crippen molar-refractivity contribution in [1.29, 1.82) is 0 Å². The van der Waals surface area contributed by atoms with Crippen molar-refractivity contribution in [2.24, 2.45) is 0 Å². The van der Waals surface area contributed by atoms with E-state index in [4.69, 9.17) is 0 Å². The highest BCUT2D eigenvalue weighted by Gasteiger charge is 2.13. The molecule has 2 aliphatic rings. The molecule has 116 valence electrons. The van der Waals surface area contributed by atoms with Gasteiger partial charge in [0.1, 0.15) is 0 Å². The lowest BCUT2D eigenvalue weighted by Gasteiger charge is -2.11. The van der Waals surface area contributed by atoms with Crippen LogP contribution in [0.3, 0.4) is 0 Å². The molecule has 0 heterocycles. The summed E-state index contributed by atoms with van der Waals surface area (Å²) in [6.45, 7) is 0. The molecular formula is C24H20. The van der Waals surface area contributed by atoms with Gasteiger partial charge in [-0.25, -0.2) is 0 Å². The van der Waals surface area contributed by atoms with Crippen LogP contribution in [-0.4, -0.2) is 0 Å². The molecule has 0 atom stereocenters. The minimum absolute atomic E-state index is 1.05. The number of hydrogen-bond acceptors (Lipinski definition) is 0. The summed E-state index contributed by atoms with van der Waals surface area (Å²) in [6, 6.07) is 21.3. The molecule has 0 bridgehead atoms. The van der Waals surface area contributed by atoms with E-state index in [0.29, 0.717) is 0 Å². The first-order valence-corrected chi connectivity index (χ1v) is 8.48. The van der Waals surface area contributed by atoms with Crippen molar-refractivity contribution in [3.63, 3.8) is 0 Å². The maximum absolute atomic E-state index is 2.34. The molecule has 0 aromatic heterocycles. The molecule has 4 rings (SSSR count). The molecule has 0 unspecified atom stereocenters. The van der Waals surface area contributed by atoms with E-state index in [1.165, 1.54) is 33.4 Å². The van der Waals surface area contributed by atoms with Crippen molar-refractivity contribution in [2.45, 2.75) is 12.8 Å². The van der Waals surface area contributed by atoms with Crippen molar-refractivity contribution in [3.8, 4) is 0 Å². The summed E-state index contributed by atoms with van der Waals surface area (Å²) in [7, 11) is 0. The van der Waals surface area contributed by atoms with E-state index in [1.807, 2.05) is 0 Å². The molecule has 2 aromatic rings. The van der Waals surface area contributed by atoms with Crippen LogP contribution in [-0.2, 0) is 0 Å². The topological polar surface area (TPSA) is 0 Å². The molecule has 0 radical (unpaired) electrons. The van der Waals surface area contributed by atoms with E-state index in [9.17, 15) is 0 Å². The molecular weight excluding hydrogens is 288 g/mol. The Labute approximate surface area is 143 Å². The van der Waals surface area contributed by atoms with Crippen LogP contribution in [0.4, 0.5) is 0 Å². The van der Waals surface area contributed by atoms with E-state index >= 15 is 0 Å². The van der Waals surface area contributed by atoms with Crippen molar-refractivity contribution < 1.29 is 0 Å². The zero-order chi connectivity index (χ0) is 16.2. The lowest BCUT2D eigenvalue weighted by atomic mass is 9.93. The highest BCUT2D eigenvalue weighted by atomic mass is 14.2. The Bertz CT molecular complexity index is 831. The summed E-state index contributed by atoms with van der Waals surface area (Å²) in [4.78, 5) is 0. The fraction of sp³-hybridized carbons (Fsp3) is 0.0833.